The quantitative estimate of drug-likeness (QED) is 0.792. The first-order valence-electron chi connectivity index (χ1n) is 6.60. The minimum atomic E-state index is 0.240. The van der Waals surface area contributed by atoms with Gasteiger partial charge in [-0.2, -0.15) is 0 Å². The molecule has 0 aromatic heterocycles. The molecule has 2 N–H and O–H groups in total. The number of hydrogen-bond donors (Lipinski definition) is 2. The summed E-state index contributed by atoms with van der Waals surface area (Å²) in [5, 5.41) is 13.0. The molecule has 0 bridgehead atoms. The van der Waals surface area contributed by atoms with Gasteiger partial charge in [0, 0.05) is 11.7 Å². The van der Waals surface area contributed by atoms with E-state index in [-0.39, 0.29) is 6.04 Å². The zero-order valence-electron chi connectivity index (χ0n) is 12.0. The lowest BCUT2D eigenvalue weighted by Crippen LogP contribution is -2.08. The van der Waals surface area contributed by atoms with Gasteiger partial charge in [-0.05, 0) is 62.6 Å². The molecule has 0 saturated carbocycles. The molecule has 2 rings (SSSR count). The molecule has 2 nitrogen and oxygen atoms in total. The van der Waals surface area contributed by atoms with Crippen LogP contribution in [0, 0.1) is 20.8 Å². The van der Waals surface area contributed by atoms with Gasteiger partial charge in [0.05, 0.1) is 0 Å². The fraction of sp³-hybridized carbons (Fsp3) is 0.294. The highest BCUT2D eigenvalue weighted by molar-refractivity contribution is 5.52. The minimum absolute atomic E-state index is 0.240. The van der Waals surface area contributed by atoms with E-state index >= 15 is 0 Å². The van der Waals surface area contributed by atoms with Gasteiger partial charge in [0.15, 0.2) is 0 Å². The molecule has 2 heteroatoms. The third kappa shape index (κ3) is 3.08. The van der Waals surface area contributed by atoms with Crippen LogP contribution in [-0.2, 0) is 0 Å². The smallest absolute Gasteiger partial charge is 0.118 e. The predicted molar refractivity (Wildman–Crippen MR) is 80.8 cm³/mol. The van der Waals surface area contributed by atoms with E-state index in [1.165, 1.54) is 16.7 Å². The summed E-state index contributed by atoms with van der Waals surface area (Å²) in [6.07, 6.45) is 0. The zero-order valence-corrected chi connectivity index (χ0v) is 12.0. The molecule has 0 spiro atoms. The van der Waals surface area contributed by atoms with Gasteiger partial charge in [0.1, 0.15) is 5.75 Å². The standard InChI is InChI=1S/C17H21NO/c1-11-5-7-16(12(2)9-11)14(4)18-15-6-8-17(19)13(3)10-15/h5-10,14,18-19H,1-4H3. The van der Waals surface area contributed by atoms with E-state index in [9.17, 15) is 5.11 Å². The van der Waals surface area contributed by atoms with Gasteiger partial charge in [-0.1, -0.05) is 23.8 Å². The van der Waals surface area contributed by atoms with Gasteiger partial charge >= 0.3 is 0 Å². The van der Waals surface area contributed by atoms with Crippen molar-refractivity contribution in [1.29, 1.82) is 0 Å². The molecule has 0 aliphatic carbocycles. The maximum absolute atomic E-state index is 9.54. The maximum Gasteiger partial charge on any atom is 0.118 e. The highest BCUT2D eigenvalue weighted by Gasteiger charge is 2.09. The number of hydrogen-bond acceptors (Lipinski definition) is 2. The summed E-state index contributed by atoms with van der Waals surface area (Å²) in [5.74, 6) is 0.338. The van der Waals surface area contributed by atoms with E-state index in [0.717, 1.165) is 11.3 Å². The number of benzene rings is 2. The highest BCUT2D eigenvalue weighted by Crippen LogP contribution is 2.26. The fourth-order valence-corrected chi connectivity index (χ4v) is 2.38. The van der Waals surface area contributed by atoms with Crippen molar-refractivity contribution >= 4 is 5.69 Å². The molecule has 1 unspecified atom stereocenters. The molecule has 100 valence electrons. The molecule has 0 fully saturated rings. The van der Waals surface area contributed by atoms with Gasteiger partial charge in [0.2, 0.25) is 0 Å². The summed E-state index contributed by atoms with van der Waals surface area (Å²) in [5.41, 5.74) is 5.81. The largest absolute Gasteiger partial charge is 0.508 e. The third-order valence-corrected chi connectivity index (χ3v) is 3.47. The van der Waals surface area contributed by atoms with Crippen molar-refractivity contribution in [2.45, 2.75) is 33.7 Å². The summed E-state index contributed by atoms with van der Waals surface area (Å²) in [6.45, 7) is 8.31. The van der Waals surface area contributed by atoms with Crippen molar-refractivity contribution in [2.24, 2.45) is 0 Å². The van der Waals surface area contributed by atoms with Crippen molar-refractivity contribution in [1.82, 2.24) is 0 Å². The maximum atomic E-state index is 9.54. The van der Waals surface area contributed by atoms with E-state index in [2.05, 4.69) is 44.3 Å². The van der Waals surface area contributed by atoms with Crippen molar-refractivity contribution in [3.8, 4) is 5.75 Å². The fourth-order valence-electron chi connectivity index (χ4n) is 2.38. The van der Waals surface area contributed by atoms with E-state index in [4.69, 9.17) is 0 Å². The van der Waals surface area contributed by atoms with Crippen LogP contribution in [0.25, 0.3) is 0 Å². The molecule has 1 atom stereocenters. The number of phenolic OH excluding ortho intramolecular Hbond substituents is 1. The van der Waals surface area contributed by atoms with Crippen molar-refractivity contribution in [2.75, 3.05) is 5.32 Å². The molecular formula is C17H21NO. The van der Waals surface area contributed by atoms with Crippen LogP contribution in [0.15, 0.2) is 36.4 Å². The molecular weight excluding hydrogens is 234 g/mol. The topological polar surface area (TPSA) is 32.3 Å². The Hall–Kier alpha value is -1.96. The second kappa shape index (κ2) is 5.35. The molecule has 2 aromatic carbocycles. The Kier molecular flexibility index (Phi) is 3.79. The first kappa shape index (κ1) is 13.5. The van der Waals surface area contributed by atoms with Crippen LogP contribution in [0.3, 0.4) is 0 Å². The Morgan fingerprint density at radius 3 is 2.32 bits per heavy atom. The van der Waals surface area contributed by atoms with E-state index < -0.39 is 0 Å². The predicted octanol–water partition coefficient (Wildman–Crippen LogP) is 4.49. The summed E-state index contributed by atoms with van der Waals surface area (Å²) in [4.78, 5) is 0. The van der Waals surface area contributed by atoms with Crippen LogP contribution < -0.4 is 5.32 Å². The average Bonchev–Trinajstić information content (AvgIpc) is 2.33. The third-order valence-electron chi connectivity index (χ3n) is 3.47. The van der Waals surface area contributed by atoms with E-state index in [0.29, 0.717) is 5.75 Å². The molecule has 0 radical (unpaired) electrons. The lowest BCUT2D eigenvalue weighted by Gasteiger charge is -2.19. The second-order valence-electron chi connectivity index (χ2n) is 5.23. The molecule has 0 amide bonds. The van der Waals surface area contributed by atoms with Crippen LogP contribution >= 0.6 is 0 Å². The number of rotatable bonds is 3. The summed E-state index contributed by atoms with van der Waals surface area (Å²) >= 11 is 0. The lowest BCUT2D eigenvalue weighted by atomic mass is 10.00. The van der Waals surface area contributed by atoms with Gasteiger partial charge in [-0.3, -0.25) is 0 Å². The van der Waals surface area contributed by atoms with E-state index in [1.54, 1.807) is 6.07 Å². The van der Waals surface area contributed by atoms with Crippen molar-refractivity contribution in [3.05, 3.63) is 58.7 Å². The zero-order chi connectivity index (χ0) is 14.0. The first-order valence-corrected chi connectivity index (χ1v) is 6.60. The summed E-state index contributed by atoms with van der Waals surface area (Å²) < 4.78 is 0. The number of aryl methyl sites for hydroxylation is 3. The summed E-state index contributed by atoms with van der Waals surface area (Å²) in [7, 11) is 0. The number of nitrogens with one attached hydrogen (secondary N) is 1. The van der Waals surface area contributed by atoms with Crippen LogP contribution in [0.2, 0.25) is 0 Å². The number of aromatic hydroxyl groups is 1. The van der Waals surface area contributed by atoms with E-state index in [1.807, 2.05) is 19.1 Å². The van der Waals surface area contributed by atoms with Crippen LogP contribution in [0.1, 0.15) is 35.2 Å². The highest BCUT2D eigenvalue weighted by atomic mass is 16.3. The number of anilines is 1. The van der Waals surface area contributed by atoms with Crippen molar-refractivity contribution in [3.63, 3.8) is 0 Å². The molecule has 0 aliphatic heterocycles. The molecule has 0 heterocycles. The molecule has 2 aromatic rings. The van der Waals surface area contributed by atoms with Gasteiger partial charge in [-0.25, -0.2) is 0 Å². The van der Waals surface area contributed by atoms with Gasteiger partial charge in [0.25, 0.3) is 0 Å². The average molecular weight is 255 g/mol. The normalized spacial score (nSPS) is 12.2. The van der Waals surface area contributed by atoms with Crippen LogP contribution in [0.5, 0.6) is 5.75 Å². The van der Waals surface area contributed by atoms with Gasteiger partial charge in [-0.15, -0.1) is 0 Å². The monoisotopic (exact) mass is 255 g/mol. The Bertz CT molecular complexity index is 590. The first-order chi connectivity index (χ1) is 8.97. The van der Waals surface area contributed by atoms with Gasteiger partial charge < -0.3 is 10.4 Å². The van der Waals surface area contributed by atoms with Crippen LogP contribution in [-0.4, -0.2) is 5.11 Å². The number of phenols is 1. The van der Waals surface area contributed by atoms with Crippen molar-refractivity contribution < 1.29 is 5.11 Å². The minimum Gasteiger partial charge on any atom is -0.508 e. The molecule has 0 aliphatic rings. The van der Waals surface area contributed by atoms with Crippen LogP contribution in [0.4, 0.5) is 5.69 Å². The Morgan fingerprint density at radius 1 is 0.947 bits per heavy atom. The second-order valence-corrected chi connectivity index (χ2v) is 5.23. The summed E-state index contributed by atoms with van der Waals surface area (Å²) in [6, 6.07) is 12.4. The Balaban J connectivity index is 2.20. The Morgan fingerprint density at radius 2 is 1.68 bits per heavy atom. The Labute approximate surface area is 115 Å². The SMILES string of the molecule is Cc1ccc(C(C)Nc2ccc(O)c(C)c2)c(C)c1. The molecule has 0 saturated heterocycles. The molecule has 19 heavy (non-hydrogen) atoms. The lowest BCUT2D eigenvalue weighted by molar-refractivity contribution is 0.471.